The summed E-state index contributed by atoms with van der Waals surface area (Å²) in [7, 11) is 0. The zero-order valence-corrected chi connectivity index (χ0v) is 20.3. The van der Waals surface area contributed by atoms with Crippen LogP contribution in [0.5, 0.6) is 0 Å². The molecule has 1 fully saturated rings. The van der Waals surface area contributed by atoms with E-state index in [9.17, 15) is 0 Å². The van der Waals surface area contributed by atoms with Crippen molar-refractivity contribution in [1.29, 1.82) is 0 Å². The lowest BCUT2D eigenvalue weighted by atomic mass is 9.99. The van der Waals surface area contributed by atoms with Gasteiger partial charge in [-0.2, -0.15) is 0 Å². The highest BCUT2D eigenvalue weighted by Gasteiger charge is 2.31. The van der Waals surface area contributed by atoms with Gasteiger partial charge in [-0.15, -0.1) is 24.8 Å². The lowest BCUT2D eigenvalue weighted by Gasteiger charge is -2.42. The van der Waals surface area contributed by atoms with Crippen molar-refractivity contribution >= 4 is 47.8 Å². The molecule has 0 spiro atoms. The first-order chi connectivity index (χ1) is 14.8. The summed E-state index contributed by atoms with van der Waals surface area (Å²) < 4.78 is 0. The highest BCUT2D eigenvalue weighted by molar-refractivity contribution is 6.31. The highest BCUT2D eigenvalue weighted by Crippen LogP contribution is 2.32. The Labute approximate surface area is 207 Å². The lowest BCUT2D eigenvalue weighted by molar-refractivity contribution is 0.227. The summed E-state index contributed by atoms with van der Waals surface area (Å²) in [6.07, 6.45) is 1.10. The van der Waals surface area contributed by atoms with Crippen molar-refractivity contribution in [3.8, 4) is 0 Å². The van der Waals surface area contributed by atoms with Gasteiger partial charge in [0.2, 0.25) is 0 Å². The largest absolute Gasteiger partial charge is 0.364 e. The minimum Gasteiger partial charge on any atom is -0.364 e. The van der Waals surface area contributed by atoms with E-state index in [2.05, 4.69) is 76.5 Å². The van der Waals surface area contributed by atoms with E-state index in [1.165, 1.54) is 11.3 Å². The minimum absolute atomic E-state index is 0. The number of benzene rings is 3. The molecule has 3 aromatic carbocycles. The van der Waals surface area contributed by atoms with Crippen molar-refractivity contribution in [2.24, 2.45) is 4.99 Å². The molecule has 1 atom stereocenters. The number of halogens is 3. The number of rotatable bonds is 4. The quantitative estimate of drug-likeness (QED) is 0.464. The Morgan fingerprint density at radius 3 is 2.34 bits per heavy atom. The van der Waals surface area contributed by atoms with Crippen LogP contribution in [0.3, 0.4) is 0 Å². The van der Waals surface area contributed by atoms with Crippen LogP contribution in [0.4, 0.5) is 5.69 Å². The van der Waals surface area contributed by atoms with Crippen LogP contribution in [0.25, 0.3) is 0 Å². The predicted molar refractivity (Wildman–Crippen MR) is 141 cm³/mol. The van der Waals surface area contributed by atoms with Gasteiger partial charge in [0.25, 0.3) is 0 Å². The standard InChI is InChI=1S/C26H26ClN3.2ClH/c27-22-11-12-25-24(17-22)26(21-9-5-2-6-10-21)28-18-23-19-29(15-16-30(23)25)14-13-20-7-3-1-4-8-20;;/h1-12,17,23H,13-16,18-19H2;2*1H. The van der Waals surface area contributed by atoms with Gasteiger partial charge in [-0.3, -0.25) is 9.89 Å². The van der Waals surface area contributed by atoms with Crippen LogP contribution in [0.2, 0.25) is 5.02 Å². The van der Waals surface area contributed by atoms with Gasteiger partial charge in [0, 0.05) is 48.0 Å². The summed E-state index contributed by atoms with van der Waals surface area (Å²) in [5, 5.41) is 0.761. The molecule has 6 heteroatoms. The number of fused-ring (bicyclic) bond motifs is 3. The summed E-state index contributed by atoms with van der Waals surface area (Å²) in [4.78, 5) is 10.2. The molecule has 1 saturated heterocycles. The van der Waals surface area contributed by atoms with Crippen molar-refractivity contribution in [2.45, 2.75) is 12.5 Å². The summed E-state index contributed by atoms with van der Waals surface area (Å²) in [6.45, 7) is 5.04. The summed E-state index contributed by atoms with van der Waals surface area (Å²) in [5.41, 5.74) is 6.02. The predicted octanol–water partition coefficient (Wildman–Crippen LogP) is 5.77. The first-order valence-electron chi connectivity index (χ1n) is 10.7. The van der Waals surface area contributed by atoms with Gasteiger partial charge in [0.15, 0.2) is 0 Å². The van der Waals surface area contributed by atoms with Crippen LogP contribution < -0.4 is 4.90 Å². The number of hydrogen-bond acceptors (Lipinski definition) is 3. The van der Waals surface area contributed by atoms with Crippen molar-refractivity contribution in [3.63, 3.8) is 0 Å². The first kappa shape index (κ1) is 24.6. The number of hydrogen-bond donors (Lipinski definition) is 0. The van der Waals surface area contributed by atoms with Crippen LogP contribution >= 0.6 is 36.4 Å². The fourth-order valence-electron chi connectivity index (χ4n) is 4.60. The van der Waals surface area contributed by atoms with Crippen molar-refractivity contribution in [3.05, 3.63) is 101 Å². The van der Waals surface area contributed by atoms with Crippen LogP contribution in [0.15, 0.2) is 83.9 Å². The second-order valence-electron chi connectivity index (χ2n) is 8.10. The summed E-state index contributed by atoms with van der Waals surface area (Å²) in [6, 6.07) is 27.9. The highest BCUT2D eigenvalue weighted by atomic mass is 35.5. The number of nitrogens with zero attached hydrogens (tertiary/aromatic N) is 3. The molecule has 2 aliphatic heterocycles. The van der Waals surface area contributed by atoms with Gasteiger partial charge >= 0.3 is 0 Å². The van der Waals surface area contributed by atoms with E-state index < -0.39 is 0 Å². The molecule has 3 nitrogen and oxygen atoms in total. The van der Waals surface area contributed by atoms with Crippen LogP contribution in [0.1, 0.15) is 16.7 Å². The van der Waals surface area contributed by atoms with Crippen LogP contribution in [-0.2, 0) is 6.42 Å². The fraction of sp³-hybridized carbons (Fsp3) is 0.269. The smallest absolute Gasteiger partial charge is 0.0741 e. The molecule has 0 saturated carbocycles. The van der Waals surface area contributed by atoms with Gasteiger partial charge in [-0.1, -0.05) is 72.3 Å². The Morgan fingerprint density at radius 1 is 0.875 bits per heavy atom. The van der Waals surface area contributed by atoms with Gasteiger partial charge in [-0.25, -0.2) is 0 Å². The molecule has 32 heavy (non-hydrogen) atoms. The Kier molecular flexibility index (Phi) is 8.61. The molecule has 2 heterocycles. The molecule has 5 rings (SSSR count). The monoisotopic (exact) mass is 487 g/mol. The van der Waals surface area contributed by atoms with E-state index in [-0.39, 0.29) is 24.8 Å². The molecule has 3 aromatic rings. The Hall–Kier alpha value is -2.04. The van der Waals surface area contributed by atoms with E-state index in [4.69, 9.17) is 16.6 Å². The van der Waals surface area contributed by atoms with Crippen molar-refractivity contribution in [1.82, 2.24) is 4.90 Å². The van der Waals surface area contributed by atoms with Gasteiger partial charge in [0.05, 0.1) is 18.3 Å². The average Bonchev–Trinajstić information content (AvgIpc) is 2.95. The maximum absolute atomic E-state index is 6.40. The maximum atomic E-state index is 6.40. The number of anilines is 1. The number of aliphatic imine (C=N–C) groups is 1. The second kappa shape index (κ2) is 11.2. The topological polar surface area (TPSA) is 18.8 Å². The van der Waals surface area contributed by atoms with Crippen molar-refractivity contribution < 1.29 is 0 Å². The lowest BCUT2D eigenvalue weighted by Crippen LogP contribution is -2.54. The van der Waals surface area contributed by atoms with Crippen LogP contribution in [-0.4, -0.2) is 49.4 Å². The summed E-state index contributed by atoms with van der Waals surface area (Å²) in [5.74, 6) is 0. The molecular formula is C26H28Cl3N3. The van der Waals surface area contributed by atoms with E-state index in [0.717, 1.165) is 61.0 Å². The Balaban J connectivity index is 0.00000144. The maximum Gasteiger partial charge on any atom is 0.0741 e. The molecule has 0 bridgehead atoms. The second-order valence-corrected chi connectivity index (χ2v) is 8.54. The van der Waals surface area contributed by atoms with Gasteiger partial charge in [0.1, 0.15) is 0 Å². The first-order valence-corrected chi connectivity index (χ1v) is 11.1. The number of piperazine rings is 1. The normalized spacial score (nSPS) is 17.7. The molecule has 0 amide bonds. The molecular weight excluding hydrogens is 461 g/mol. The SMILES string of the molecule is Cl.Cl.Clc1ccc2c(c1)C(c1ccccc1)=NCC1CN(CCc3ccccc3)CCN21. The average molecular weight is 489 g/mol. The van der Waals surface area contributed by atoms with Gasteiger partial charge in [-0.05, 0) is 30.2 Å². The molecule has 0 N–H and O–H groups in total. The van der Waals surface area contributed by atoms with E-state index >= 15 is 0 Å². The summed E-state index contributed by atoms with van der Waals surface area (Å²) >= 11 is 6.40. The molecule has 0 aromatic heterocycles. The molecule has 0 radical (unpaired) electrons. The third-order valence-corrected chi connectivity index (χ3v) is 6.39. The van der Waals surface area contributed by atoms with Crippen molar-refractivity contribution in [2.75, 3.05) is 37.6 Å². The van der Waals surface area contributed by atoms with E-state index in [1.807, 2.05) is 12.1 Å². The van der Waals surface area contributed by atoms with Crippen LogP contribution in [0, 0.1) is 0 Å². The molecule has 2 aliphatic rings. The zero-order chi connectivity index (χ0) is 20.3. The third-order valence-electron chi connectivity index (χ3n) is 6.16. The van der Waals surface area contributed by atoms with E-state index in [0.29, 0.717) is 6.04 Å². The Morgan fingerprint density at radius 2 is 1.59 bits per heavy atom. The molecule has 1 unspecified atom stereocenters. The fourth-order valence-corrected chi connectivity index (χ4v) is 4.77. The zero-order valence-electron chi connectivity index (χ0n) is 17.9. The van der Waals surface area contributed by atoms with Gasteiger partial charge < -0.3 is 4.90 Å². The Bertz CT molecular complexity index is 1040. The third kappa shape index (κ3) is 5.29. The minimum atomic E-state index is 0. The molecule has 168 valence electrons. The van der Waals surface area contributed by atoms with E-state index in [1.54, 1.807) is 0 Å². The molecule has 0 aliphatic carbocycles.